The lowest BCUT2D eigenvalue weighted by Crippen LogP contribution is -2.28. The maximum atomic E-state index is 5.92. The zero-order valence-electron chi connectivity index (χ0n) is 13.9. The topological polar surface area (TPSA) is 53.6 Å². The fraction of sp³-hybridized carbons (Fsp3) is 0.588. The van der Waals surface area contributed by atoms with E-state index in [0.29, 0.717) is 11.9 Å². The zero-order valence-corrected chi connectivity index (χ0v) is 13.9. The second-order valence-corrected chi connectivity index (χ2v) is 5.35. The van der Waals surface area contributed by atoms with Crippen molar-refractivity contribution in [1.29, 1.82) is 0 Å². The summed E-state index contributed by atoms with van der Waals surface area (Å²) in [4.78, 5) is 6.70. The molecule has 0 fully saturated rings. The number of aliphatic imine (C=N–C) groups is 1. The minimum Gasteiger partial charge on any atom is -0.370 e. The molecule has 0 aliphatic heterocycles. The van der Waals surface area contributed by atoms with E-state index in [-0.39, 0.29) is 0 Å². The van der Waals surface area contributed by atoms with E-state index >= 15 is 0 Å². The van der Waals surface area contributed by atoms with Crippen molar-refractivity contribution >= 4 is 11.6 Å². The van der Waals surface area contributed by atoms with Crippen LogP contribution < -0.4 is 11.1 Å². The predicted molar refractivity (Wildman–Crippen MR) is 93.0 cm³/mol. The molecule has 1 unspecified atom stereocenters. The van der Waals surface area contributed by atoms with E-state index in [1.54, 1.807) is 0 Å². The largest absolute Gasteiger partial charge is 0.370 e. The van der Waals surface area contributed by atoms with Gasteiger partial charge in [0.05, 0.1) is 6.54 Å². The molecule has 0 amide bonds. The third-order valence-corrected chi connectivity index (χ3v) is 3.96. The average Bonchev–Trinajstić information content (AvgIpc) is 2.51. The van der Waals surface area contributed by atoms with Crippen molar-refractivity contribution in [3.63, 3.8) is 0 Å². The van der Waals surface area contributed by atoms with Gasteiger partial charge in [-0.2, -0.15) is 0 Å². The predicted octanol–water partition coefficient (Wildman–Crippen LogP) is 3.27. The lowest BCUT2D eigenvalue weighted by molar-refractivity contribution is 0.313. The highest BCUT2D eigenvalue weighted by Gasteiger charge is 2.03. The number of nitrogens with two attached hydrogens (primary N) is 1. The number of nitrogens with zero attached hydrogens (tertiary/aromatic N) is 2. The highest BCUT2D eigenvalue weighted by molar-refractivity contribution is 5.92. The molecule has 0 aliphatic carbocycles. The van der Waals surface area contributed by atoms with Crippen molar-refractivity contribution in [2.75, 3.05) is 31.5 Å². The first-order valence-corrected chi connectivity index (χ1v) is 7.99. The van der Waals surface area contributed by atoms with Crippen molar-refractivity contribution in [2.45, 2.75) is 40.0 Å². The quantitative estimate of drug-likeness (QED) is 0.571. The summed E-state index contributed by atoms with van der Waals surface area (Å²) in [6.07, 6.45) is 1.15. The second-order valence-electron chi connectivity index (χ2n) is 5.35. The Labute approximate surface area is 129 Å². The first kappa shape index (κ1) is 17.5. The Balaban J connectivity index is 2.48. The van der Waals surface area contributed by atoms with Gasteiger partial charge in [-0.1, -0.05) is 39.8 Å². The Morgan fingerprint density at radius 1 is 1.19 bits per heavy atom. The van der Waals surface area contributed by atoms with Gasteiger partial charge in [-0.3, -0.25) is 4.99 Å². The Kier molecular flexibility index (Phi) is 7.83. The molecule has 0 aromatic heterocycles. The number of benzene rings is 1. The molecule has 4 heteroatoms. The molecule has 0 bridgehead atoms. The van der Waals surface area contributed by atoms with Gasteiger partial charge in [0.1, 0.15) is 0 Å². The van der Waals surface area contributed by atoms with Crippen molar-refractivity contribution in [2.24, 2.45) is 10.7 Å². The summed E-state index contributed by atoms with van der Waals surface area (Å²) in [7, 11) is 0. The first-order chi connectivity index (χ1) is 10.1. The number of anilines is 1. The van der Waals surface area contributed by atoms with Gasteiger partial charge in [-0.25, -0.2) is 0 Å². The molecule has 4 nitrogen and oxygen atoms in total. The molecule has 118 valence electrons. The SMILES string of the molecule is CCC(C)c1ccc(NC(N)=NCCN(CC)CC)cc1. The Bertz CT molecular complexity index is 421. The molecule has 3 N–H and O–H groups in total. The summed E-state index contributed by atoms with van der Waals surface area (Å²) in [6.45, 7) is 12.5. The van der Waals surface area contributed by atoms with E-state index in [1.807, 2.05) is 0 Å². The zero-order chi connectivity index (χ0) is 15.7. The Morgan fingerprint density at radius 2 is 1.81 bits per heavy atom. The van der Waals surface area contributed by atoms with Crippen LogP contribution in [-0.2, 0) is 0 Å². The van der Waals surface area contributed by atoms with Crippen LogP contribution in [0.1, 0.15) is 45.6 Å². The van der Waals surface area contributed by atoms with Crippen LogP contribution in [0.25, 0.3) is 0 Å². The molecule has 1 aromatic carbocycles. The van der Waals surface area contributed by atoms with Crippen LogP contribution in [0.2, 0.25) is 0 Å². The van der Waals surface area contributed by atoms with Gasteiger partial charge in [0.15, 0.2) is 5.96 Å². The lowest BCUT2D eigenvalue weighted by Gasteiger charge is -2.16. The Morgan fingerprint density at radius 3 is 2.33 bits per heavy atom. The molecule has 0 saturated heterocycles. The fourth-order valence-electron chi connectivity index (χ4n) is 2.17. The lowest BCUT2D eigenvalue weighted by atomic mass is 9.99. The molecule has 1 rings (SSSR count). The van der Waals surface area contributed by atoms with Crippen LogP contribution in [0.5, 0.6) is 0 Å². The van der Waals surface area contributed by atoms with Crippen LogP contribution in [-0.4, -0.2) is 37.0 Å². The number of guanidine groups is 1. The monoisotopic (exact) mass is 290 g/mol. The molecule has 0 saturated carbocycles. The Hall–Kier alpha value is -1.55. The molecule has 0 spiro atoms. The first-order valence-electron chi connectivity index (χ1n) is 7.99. The van der Waals surface area contributed by atoms with Crippen molar-refractivity contribution < 1.29 is 0 Å². The third kappa shape index (κ3) is 6.17. The standard InChI is InChI=1S/C17H30N4/c1-5-14(4)15-8-10-16(11-9-15)20-17(18)19-12-13-21(6-2)7-3/h8-11,14H,5-7,12-13H2,1-4H3,(H3,18,19,20). The highest BCUT2D eigenvalue weighted by Crippen LogP contribution is 2.20. The van der Waals surface area contributed by atoms with Crippen LogP contribution in [0, 0.1) is 0 Å². The van der Waals surface area contributed by atoms with Gasteiger partial charge in [-0.05, 0) is 43.1 Å². The summed E-state index contributed by atoms with van der Waals surface area (Å²) in [5.41, 5.74) is 8.27. The average molecular weight is 290 g/mol. The highest BCUT2D eigenvalue weighted by atomic mass is 15.1. The van der Waals surface area contributed by atoms with Gasteiger partial charge < -0.3 is 16.0 Å². The molecule has 0 radical (unpaired) electrons. The fourth-order valence-corrected chi connectivity index (χ4v) is 2.17. The van der Waals surface area contributed by atoms with E-state index in [2.05, 4.69) is 67.2 Å². The van der Waals surface area contributed by atoms with Crippen LogP contribution in [0.4, 0.5) is 5.69 Å². The molecule has 0 heterocycles. The van der Waals surface area contributed by atoms with Gasteiger partial charge in [0.2, 0.25) is 0 Å². The van der Waals surface area contributed by atoms with Crippen LogP contribution >= 0.6 is 0 Å². The summed E-state index contributed by atoms with van der Waals surface area (Å²) in [6, 6.07) is 8.43. The normalized spacial score (nSPS) is 13.5. The molecule has 1 atom stereocenters. The van der Waals surface area contributed by atoms with Crippen LogP contribution in [0.15, 0.2) is 29.3 Å². The van der Waals surface area contributed by atoms with E-state index in [1.165, 1.54) is 5.56 Å². The van der Waals surface area contributed by atoms with Gasteiger partial charge >= 0.3 is 0 Å². The van der Waals surface area contributed by atoms with Gasteiger partial charge in [0.25, 0.3) is 0 Å². The van der Waals surface area contributed by atoms with Crippen molar-refractivity contribution in [3.8, 4) is 0 Å². The van der Waals surface area contributed by atoms with Crippen molar-refractivity contribution in [3.05, 3.63) is 29.8 Å². The summed E-state index contributed by atoms with van der Waals surface area (Å²) < 4.78 is 0. The summed E-state index contributed by atoms with van der Waals surface area (Å²) in [5.74, 6) is 1.08. The number of hydrogen-bond acceptors (Lipinski definition) is 2. The second kappa shape index (κ2) is 9.40. The minimum absolute atomic E-state index is 0.485. The van der Waals surface area contributed by atoms with E-state index in [4.69, 9.17) is 5.73 Å². The van der Waals surface area contributed by atoms with E-state index < -0.39 is 0 Å². The minimum atomic E-state index is 0.485. The molecule has 21 heavy (non-hydrogen) atoms. The maximum Gasteiger partial charge on any atom is 0.193 e. The maximum absolute atomic E-state index is 5.92. The number of nitrogens with one attached hydrogen (secondary N) is 1. The van der Waals surface area contributed by atoms with E-state index in [9.17, 15) is 0 Å². The molecular formula is C17H30N4. The van der Waals surface area contributed by atoms with E-state index in [0.717, 1.165) is 38.3 Å². The molecular weight excluding hydrogens is 260 g/mol. The number of likely N-dealkylation sites (N-methyl/N-ethyl adjacent to an activating group) is 1. The third-order valence-electron chi connectivity index (χ3n) is 3.96. The summed E-state index contributed by atoms with van der Waals surface area (Å²) >= 11 is 0. The summed E-state index contributed by atoms with van der Waals surface area (Å²) in [5, 5.41) is 3.15. The smallest absolute Gasteiger partial charge is 0.193 e. The number of rotatable bonds is 8. The number of hydrogen-bond donors (Lipinski definition) is 2. The van der Waals surface area contributed by atoms with Gasteiger partial charge in [-0.15, -0.1) is 0 Å². The molecule has 1 aromatic rings. The van der Waals surface area contributed by atoms with Crippen molar-refractivity contribution in [1.82, 2.24) is 4.90 Å². The van der Waals surface area contributed by atoms with Gasteiger partial charge in [0, 0.05) is 12.2 Å². The van der Waals surface area contributed by atoms with Crippen LogP contribution in [0.3, 0.4) is 0 Å². The molecule has 0 aliphatic rings.